The average molecular weight is 223 g/mol. The Kier molecular flexibility index (Phi) is 4.92. The molecule has 0 saturated heterocycles. The average Bonchev–Trinajstić information content (AvgIpc) is 2.29. The molecule has 0 bridgehead atoms. The first-order valence-corrected chi connectivity index (χ1v) is 5.20. The molecule has 1 aromatic heterocycles. The van der Waals surface area contributed by atoms with Crippen molar-refractivity contribution in [2.24, 2.45) is 5.92 Å². The summed E-state index contributed by atoms with van der Waals surface area (Å²) in [5.74, 6) is 0.698. The van der Waals surface area contributed by atoms with Gasteiger partial charge in [0.05, 0.1) is 7.11 Å². The van der Waals surface area contributed by atoms with E-state index in [-0.39, 0.29) is 11.7 Å². The Labute approximate surface area is 95.6 Å². The zero-order valence-electron chi connectivity index (χ0n) is 9.90. The van der Waals surface area contributed by atoms with Crippen LogP contribution in [0.1, 0.15) is 23.8 Å². The summed E-state index contributed by atoms with van der Waals surface area (Å²) in [7, 11) is 3.16. The number of carbonyl (C=O) groups excluding carboxylic acids is 1. The predicted octanol–water partition coefficient (Wildman–Crippen LogP) is 1.95. The third-order valence-corrected chi connectivity index (χ3v) is 2.24. The molecule has 0 spiro atoms. The van der Waals surface area contributed by atoms with Crippen LogP contribution in [0.2, 0.25) is 0 Å². The van der Waals surface area contributed by atoms with Crippen LogP contribution in [0.5, 0.6) is 5.75 Å². The summed E-state index contributed by atoms with van der Waals surface area (Å²) >= 11 is 0. The summed E-state index contributed by atoms with van der Waals surface area (Å²) in [6.45, 7) is 2.54. The Bertz CT molecular complexity index is 352. The van der Waals surface area contributed by atoms with Gasteiger partial charge in [-0.15, -0.1) is 0 Å². The Hall–Kier alpha value is -1.42. The first-order chi connectivity index (χ1) is 7.69. The monoisotopic (exact) mass is 223 g/mol. The lowest BCUT2D eigenvalue weighted by Gasteiger charge is -2.10. The SMILES string of the molecule is COCC(C)CC(=O)c1ncccc1OC. The highest BCUT2D eigenvalue weighted by Crippen LogP contribution is 2.18. The number of aromatic nitrogens is 1. The van der Waals surface area contributed by atoms with Gasteiger partial charge in [-0.25, -0.2) is 4.98 Å². The van der Waals surface area contributed by atoms with Crippen LogP contribution in [-0.4, -0.2) is 31.6 Å². The molecule has 1 atom stereocenters. The lowest BCUT2D eigenvalue weighted by molar-refractivity contribution is 0.0912. The predicted molar refractivity (Wildman–Crippen MR) is 60.8 cm³/mol. The van der Waals surface area contributed by atoms with Gasteiger partial charge in [-0.3, -0.25) is 4.79 Å². The topological polar surface area (TPSA) is 48.4 Å². The summed E-state index contributed by atoms with van der Waals surface area (Å²) in [6, 6.07) is 3.48. The Morgan fingerprint density at radius 2 is 2.25 bits per heavy atom. The van der Waals surface area contributed by atoms with Gasteiger partial charge in [-0.2, -0.15) is 0 Å². The Morgan fingerprint density at radius 3 is 2.88 bits per heavy atom. The third kappa shape index (κ3) is 3.31. The molecule has 0 aromatic carbocycles. The van der Waals surface area contributed by atoms with E-state index < -0.39 is 0 Å². The second-order valence-corrected chi connectivity index (χ2v) is 3.74. The summed E-state index contributed by atoms with van der Waals surface area (Å²) in [4.78, 5) is 16.0. The molecular formula is C12H17NO3. The van der Waals surface area contributed by atoms with Crippen molar-refractivity contribution in [3.8, 4) is 5.75 Å². The molecule has 1 aromatic rings. The summed E-state index contributed by atoms with van der Waals surface area (Å²) in [5.41, 5.74) is 0.396. The zero-order chi connectivity index (χ0) is 12.0. The van der Waals surface area contributed by atoms with E-state index >= 15 is 0 Å². The van der Waals surface area contributed by atoms with Crippen LogP contribution >= 0.6 is 0 Å². The van der Waals surface area contributed by atoms with Crippen LogP contribution in [0.25, 0.3) is 0 Å². The van der Waals surface area contributed by atoms with Gasteiger partial charge in [-0.1, -0.05) is 6.92 Å². The van der Waals surface area contributed by atoms with E-state index in [9.17, 15) is 4.79 Å². The molecule has 1 rings (SSSR count). The fourth-order valence-electron chi connectivity index (χ4n) is 1.52. The maximum Gasteiger partial charge on any atom is 0.185 e. The van der Waals surface area contributed by atoms with Crippen LogP contribution in [0, 0.1) is 5.92 Å². The minimum atomic E-state index is -0.0120. The maximum absolute atomic E-state index is 11.9. The molecule has 0 amide bonds. The standard InChI is InChI=1S/C12H17NO3/c1-9(8-15-2)7-10(14)12-11(16-3)5-4-6-13-12/h4-6,9H,7-8H2,1-3H3. The van der Waals surface area contributed by atoms with Crippen LogP contribution in [0.4, 0.5) is 0 Å². The number of pyridine rings is 1. The van der Waals surface area contributed by atoms with Crippen molar-refractivity contribution in [2.45, 2.75) is 13.3 Å². The Balaban J connectivity index is 2.72. The molecule has 0 aliphatic heterocycles. The van der Waals surface area contributed by atoms with Crippen LogP contribution in [-0.2, 0) is 4.74 Å². The molecule has 0 radical (unpaired) electrons. The molecule has 0 N–H and O–H groups in total. The molecule has 0 saturated carbocycles. The van der Waals surface area contributed by atoms with Gasteiger partial charge in [0.15, 0.2) is 5.78 Å². The van der Waals surface area contributed by atoms with E-state index in [0.717, 1.165) is 0 Å². The second-order valence-electron chi connectivity index (χ2n) is 3.74. The number of hydrogen-bond acceptors (Lipinski definition) is 4. The first-order valence-electron chi connectivity index (χ1n) is 5.20. The number of ketones is 1. The molecule has 0 aliphatic carbocycles. The van der Waals surface area contributed by atoms with Crippen molar-refractivity contribution in [1.29, 1.82) is 0 Å². The summed E-state index contributed by atoms with van der Waals surface area (Å²) in [6.07, 6.45) is 2.01. The number of ether oxygens (including phenoxy) is 2. The highest BCUT2D eigenvalue weighted by molar-refractivity contribution is 5.96. The smallest absolute Gasteiger partial charge is 0.185 e. The molecule has 0 aliphatic rings. The van der Waals surface area contributed by atoms with E-state index in [1.165, 1.54) is 7.11 Å². The van der Waals surface area contributed by atoms with Gasteiger partial charge in [0.2, 0.25) is 0 Å². The van der Waals surface area contributed by atoms with Gasteiger partial charge in [0, 0.05) is 26.3 Å². The van der Waals surface area contributed by atoms with Gasteiger partial charge in [-0.05, 0) is 18.1 Å². The van der Waals surface area contributed by atoms with Gasteiger partial charge < -0.3 is 9.47 Å². The zero-order valence-corrected chi connectivity index (χ0v) is 9.90. The largest absolute Gasteiger partial charge is 0.494 e. The molecule has 4 nitrogen and oxygen atoms in total. The normalized spacial score (nSPS) is 12.2. The minimum absolute atomic E-state index is 0.0120. The van der Waals surface area contributed by atoms with Crippen molar-refractivity contribution in [2.75, 3.05) is 20.8 Å². The van der Waals surface area contributed by atoms with Crippen LogP contribution in [0.15, 0.2) is 18.3 Å². The van der Waals surface area contributed by atoms with E-state index in [4.69, 9.17) is 9.47 Å². The molecule has 88 valence electrons. The van der Waals surface area contributed by atoms with Gasteiger partial charge >= 0.3 is 0 Å². The van der Waals surface area contributed by atoms with Crippen molar-refractivity contribution < 1.29 is 14.3 Å². The lowest BCUT2D eigenvalue weighted by Crippen LogP contribution is -2.12. The van der Waals surface area contributed by atoms with E-state index in [2.05, 4.69) is 4.98 Å². The highest BCUT2D eigenvalue weighted by Gasteiger charge is 2.16. The summed E-state index contributed by atoms with van der Waals surface area (Å²) < 4.78 is 10.1. The van der Waals surface area contributed by atoms with Gasteiger partial charge in [0.1, 0.15) is 11.4 Å². The Morgan fingerprint density at radius 1 is 1.50 bits per heavy atom. The second kappa shape index (κ2) is 6.23. The molecule has 0 fully saturated rings. The molecule has 1 heterocycles. The van der Waals surface area contributed by atoms with E-state index in [1.54, 1.807) is 25.4 Å². The third-order valence-electron chi connectivity index (χ3n) is 2.24. The van der Waals surface area contributed by atoms with Crippen LogP contribution in [0.3, 0.4) is 0 Å². The van der Waals surface area contributed by atoms with E-state index in [0.29, 0.717) is 24.5 Å². The van der Waals surface area contributed by atoms with Gasteiger partial charge in [0.25, 0.3) is 0 Å². The number of methoxy groups -OCH3 is 2. The molecular weight excluding hydrogens is 206 g/mol. The molecule has 16 heavy (non-hydrogen) atoms. The summed E-state index contributed by atoms with van der Waals surface area (Å²) in [5, 5.41) is 0. The molecule has 4 heteroatoms. The van der Waals surface area contributed by atoms with Crippen molar-refractivity contribution in [3.05, 3.63) is 24.0 Å². The molecule has 1 unspecified atom stereocenters. The highest BCUT2D eigenvalue weighted by atomic mass is 16.5. The van der Waals surface area contributed by atoms with Crippen molar-refractivity contribution in [1.82, 2.24) is 4.98 Å². The quantitative estimate of drug-likeness (QED) is 0.691. The maximum atomic E-state index is 11.9. The fourth-order valence-corrected chi connectivity index (χ4v) is 1.52. The van der Waals surface area contributed by atoms with Crippen LogP contribution < -0.4 is 4.74 Å². The first kappa shape index (κ1) is 12.6. The van der Waals surface area contributed by atoms with Crippen molar-refractivity contribution >= 4 is 5.78 Å². The number of Topliss-reactive ketones (excluding diaryl/α,β-unsaturated/α-hetero) is 1. The minimum Gasteiger partial charge on any atom is -0.494 e. The number of hydrogen-bond donors (Lipinski definition) is 0. The van der Waals surface area contributed by atoms with E-state index in [1.807, 2.05) is 6.92 Å². The fraction of sp³-hybridized carbons (Fsp3) is 0.500. The number of carbonyl (C=O) groups is 1. The number of nitrogens with zero attached hydrogens (tertiary/aromatic N) is 1. The van der Waals surface area contributed by atoms with Crippen molar-refractivity contribution in [3.63, 3.8) is 0 Å². The number of rotatable bonds is 6. The lowest BCUT2D eigenvalue weighted by atomic mass is 10.0.